The van der Waals surface area contributed by atoms with Gasteiger partial charge in [0.25, 0.3) is 0 Å². The van der Waals surface area contributed by atoms with E-state index in [-0.39, 0.29) is 0 Å². The highest BCUT2D eigenvalue weighted by Gasteiger charge is 2.28. The molecule has 0 bridgehead atoms. The van der Waals surface area contributed by atoms with E-state index in [2.05, 4.69) is 49.6 Å². The summed E-state index contributed by atoms with van der Waals surface area (Å²) in [4.78, 5) is 6.37. The van der Waals surface area contributed by atoms with Crippen LogP contribution in [0.5, 0.6) is 0 Å². The van der Waals surface area contributed by atoms with Gasteiger partial charge in [-0.2, -0.15) is 11.8 Å². The first-order valence-corrected chi connectivity index (χ1v) is 9.42. The van der Waals surface area contributed by atoms with Gasteiger partial charge < -0.3 is 5.32 Å². The predicted molar refractivity (Wildman–Crippen MR) is 86.1 cm³/mol. The molecule has 1 aromatic heterocycles. The minimum absolute atomic E-state index is 0.523. The zero-order valence-corrected chi connectivity index (χ0v) is 14.0. The fraction of sp³-hybridized carbons (Fsp3) is 0.769. The quantitative estimate of drug-likeness (QED) is 0.912. The van der Waals surface area contributed by atoms with Crippen molar-refractivity contribution in [2.45, 2.75) is 43.7 Å². The minimum atomic E-state index is 0.523. The third-order valence-electron chi connectivity index (χ3n) is 3.06. The first-order chi connectivity index (χ1) is 8.63. The zero-order chi connectivity index (χ0) is 13.1. The summed E-state index contributed by atoms with van der Waals surface area (Å²) in [5, 5.41) is 5.89. The van der Waals surface area contributed by atoms with Gasteiger partial charge in [0.05, 0.1) is 10.9 Å². The highest BCUT2D eigenvalue weighted by molar-refractivity contribution is 8.06. The minimum Gasteiger partial charge on any atom is -0.315 e. The summed E-state index contributed by atoms with van der Waals surface area (Å²) in [6, 6.07) is 0. The van der Waals surface area contributed by atoms with Crippen molar-refractivity contribution in [2.24, 2.45) is 0 Å². The van der Waals surface area contributed by atoms with Crippen LogP contribution in [0, 0.1) is 0 Å². The van der Waals surface area contributed by atoms with Gasteiger partial charge in [-0.3, -0.25) is 0 Å². The molecule has 2 heterocycles. The summed E-state index contributed by atoms with van der Waals surface area (Å²) < 4.78 is 0. The van der Waals surface area contributed by atoms with E-state index in [1.807, 2.05) is 18.4 Å². The van der Waals surface area contributed by atoms with Crippen molar-refractivity contribution >= 4 is 34.9 Å². The summed E-state index contributed by atoms with van der Waals surface area (Å²) >= 11 is 6.09. The average molecular weight is 303 g/mol. The van der Waals surface area contributed by atoms with Crippen LogP contribution in [0.1, 0.15) is 47.5 Å². The van der Waals surface area contributed by atoms with Crippen LogP contribution in [0.25, 0.3) is 0 Å². The summed E-state index contributed by atoms with van der Waals surface area (Å²) in [7, 11) is 2.01. The molecule has 0 saturated carbocycles. The van der Waals surface area contributed by atoms with Crippen molar-refractivity contribution in [3.05, 3.63) is 15.6 Å². The van der Waals surface area contributed by atoms with Crippen molar-refractivity contribution in [2.75, 3.05) is 18.6 Å². The highest BCUT2D eigenvalue weighted by Crippen LogP contribution is 2.44. The van der Waals surface area contributed by atoms with Crippen LogP contribution in [0.15, 0.2) is 0 Å². The SMILES string of the molecule is CNCc1sc(C2SCCSC2C)nc1C(C)C. The molecule has 0 amide bonds. The van der Waals surface area contributed by atoms with E-state index in [9.17, 15) is 0 Å². The van der Waals surface area contributed by atoms with E-state index in [1.54, 1.807) is 0 Å². The molecular formula is C13H22N2S3. The van der Waals surface area contributed by atoms with Gasteiger partial charge in [0, 0.05) is 28.2 Å². The fourth-order valence-electron chi connectivity index (χ4n) is 2.15. The molecule has 102 valence electrons. The number of aromatic nitrogens is 1. The second-order valence-corrected chi connectivity index (χ2v) is 8.76. The van der Waals surface area contributed by atoms with Crippen molar-refractivity contribution < 1.29 is 0 Å². The number of nitrogens with one attached hydrogen (secondary N) is 1. The molecular weight excluding hydrogens is 280 g/mol. The Balaban J connectivity index is 2.24. The lowest BCUT2D eigenvalue weighted by Crippen LogP contribution is -2.15. The van der Waals surface area contributed by atoms with Crippen LogP contribution in [0.3, 0.4) is 0 Å². The second-order valence-electron chi connectivity index (χ2n) is 4.91. The first-order valence-electron chi connectivity index (χ1n) is 6.50. The zero-order valence-electron chi connectivity index (χ0n) is 11.5. The number of nitrogens with zero attached hydrogens (tertiary/aromatic N) is 1. The van der Waals surface area contributed by atoms with E-state index in [0.717, 1.165) is 6.54 Å². The number of hydrogen-bond donors (Lipinski definition) is 1. The Labute approximate surface area is 123 Å². The molecule has 0 radical (unpaired) electrons. The maximum absolute atomic E-state index is 4.95. The third kappa shape index (κ3) is 3.24. The fourth-order valence-corrected chi connectivity index (χ4v) is 6.54. The van der Waals surface area contributed by atoms with Gasteiger partial charge in [0.1, 0.15) is 5.01 Å². The molecule has 1 aliphatic heterocycles. The van der Waals surface area contributed by atoms with Crippen LogP contribution in [-0.4, -0.2) is 28.8 Å². The molecule has 5 heteroatoms. The van der Waals surface area contributed by atoms with E-state index in [4.69, 9.17) is 4.98 Å². The molecule has 1 N–H and O–H groups in total. The van der Waals surface area contributed by atoms with Crippen molar-refractivity contribution in [3.63, 3.8) is 0 Å². The lowest BCUT2D eigenvalue weighted by molar-refractivity contribution is 0.763. The van der Waals surface area contributed by atoms with E-state index < -0.39 is 0 Å². The second kappa shape index (κ2) is 6.64. The molecule has 0 aromatic carbocycles. The maximum Gasteiger partial charge on any atom is 0.107 e. The molecule has 2 unspecified atom stereocenters. The molecule has 1 aromatic rings. The first kappa shape index (κ1) is 14.7. The summed E-state index contributed by atoms with van der Waals surface area (Å²) in [6.07, 6.45) is 0. The largest absolute Gasteiger partial charge is 0.315 e. The molecule has 1 saturated heterocycles. The van der Waals surface area contributed by atoms with Gasteiger partial charge in [-0.05, 0) is 13.0 Å². The normalized spacial score (nSPS) is 24.7. The van der Waals surface area contributed by atoms with Crippen molar-refractivity contribution in [1.29, 1.82) is 0 Å². The molecule has 1 fully saturated rings. The van der Waals surface area contributed by atoms with E-state index >= 15 is 0 Å². The number of thiazole rings is 1. The Kier molecular flexibility index (Phi) is 5.42. The molecule has 2 nitrogen and oxygen atoms in total. The molecule has 0 spiro atoms. The van der Waals surface area contributed by atoms with Crippen LogP contribution in [0.4, 0.5) is 0 Å². The van der Waals surface area contributed by atoms with Crippen molar-refractivity contribution in [3.8, 4) is 0 Å². The van der Waals surface area contributed by atoms with Crippen molar-refractivity contribution in [1.82, 2.24) is 10.3 Å². The smallest absolute Gasteiger partial charge is 0.107 e. The topological polar surface area (TPSA) is 24.9 Å². The number of hydrogen-bond acceptors (Lipinski definition) is 5. The Hall–Kier alpha value is 0.290. The summed E-state index contributed by atoms with van der Waals surface area (Å²) in [6.45, 7) is 7.77. The van der Waals surface area contributed by atoms with Gasteiger partial charge in [-0.1, -0.05) is 20.8 Å². The third-order valence-corrected chi connectivity index (χ3v) is 7.46. The van der Waals surface area contributed by atoms with Crippen LogP contribution < -0.4 is 5.32 Å². The van der Waals surface area contributed by atoms with Crippen LogP contribution in [-0.2, 0) is 6.54 Å². The Morgan fingerprint density at radius 3 is 2.67 bits per heavy atom. The standard InChI is InChI=1S/C13H22N2S3/c1-8(2)11-10(7-14-4)18-13(15-11)12-9(3)16-5-6-17-12/h8-9,12,14H,5-7H2,1-4H3. The Morgan fingerprint density at radius 1 is 1.33 bits per heavy atom. The number of rotatable bonds is 4. The maximum atomic E-state index is 4.95. The van der Waals surface area contributed by atoms with E-state index in [0.29, 0.717) is 16.4 Å². The molecule has 0 aliphatic carbocycles. The molecule has 1 aliphatic rings. The van der Waals surface area contributed by atoms with Gasteiger partial charge >= 0.3 is 0 Å². The summed E-state index contributed by atoms with van der Waals surface area (Å²) in [5.41, 5.74) is 1.30. The van der Waals surface area contributed by atoms with Gasteiger partial charge in [-0.15, -0.1) is 23.1 Å². The highest BCUT2D eigenvalue weighted by atomic mass is 32.2. The van der Waals surface area contributed by atoms with E-state index in [1.165, 1.54) is 27.1 Å². The van der Waals surface area contributed by atoms with Crippen LogP contribution in [0.2, 0.25) is 0 Å². The number of thioether (sulfide) groups is 2. The van der Waals surface area contributed by atoms with Gasteiger partial charge in [-0.25, -0.2) is 4.98 Å². The van der Waals surface area contributed by atoms with Gasteiger partial charge in [0.15, 0.2) is 0 Å². The van der Waals surface area contributed by atoms with Crippen LogP contribution >= 0.6 is 34.9 Å². The lowest BCUT2D eigenvalue weighted by Gasteiger charge is -2.25. The Bertz CT molecular complexity index is 390. The molecule has 18 heavy (non-hydrogen) atoms. The summed E-state index contributed by atoms with van der Waals surface area (Å²) in [5.74, 6) is 3.07. The average Bonchev–Trinajstić information content (AvgIpc) is 2.74. The Morgan fingerprint density at radius 2 is 2.06 bits per heavy atom. The van der Waals surface area contributed by atoms with Gasteiger partial charge in [0.2, 0.25) is 0 Å². The lowest BCUT2D eigenvalue weighted by atomic mass is 10.1. The monoisotopic (exact) mass is 302 g/mol. The molecule has 2 rings (SSSR count). The predicted octanol–water partition coefficient (Wildman–Crippen LogP) is 3.90. The molecule has 2 atom stereocenters.